The minimum absolute atomic E-state index is 0.0463. The molecule has 0 atom stereocenters. The molecule has 2 aromatic carbocycles. The van der Waals surface area contributed by atoms with Gasteiger partial charge in [-0.3, -0.25) is 4.79 Å². The lowest BCUT2D eigenvalue weighted by Gasteiger charge is -2.18. The van der Waals surface area contributed by atoms with Crippen molar-refractivity contribution in [3.63, 3.8) is 0 Å². The molecule has 0 aliphatic carbocycles. The Labute approximate surface area is 165 Å². The second-order valence-electron chi connectivity index (χ2n) is 5.84. The molecule has 8 heteroatoms. The predicted molar refractivity (Wildman–Crippen MR) is 103 cm³/mol. The largest absolute Gasteiger partial charge is 0.488 e. The summed E-state index contributed by atoms with van der Waals surface area (Å²) < 4.78 is 15.0. The smallest absolute Gasteiger partial charge is 0.339 e. The molecule has 7 nitrogen and oxygen atoms in total. The molecule has 144 valence electrons. The summed E-state index contributed by atoms with van der Waals surface area (Å²) in [5.41, 5.74) is 1.40. The molecule has 2 aromatic rings. The number of rotatable bonds is 4. The first-order chi connectivity index (χ1) is 13.4. The molecule has 0 saturated carbocycles. The zero-order valence-electron chi connectivity index (χ0n) is 15.1. The fourth-order valence-corrected chi connectivity index (χ4v) is 2.84. The van der Waals surface area contributed by atoms with Crippen LogP contribution in [-0.2, 0) is 14.3 Å². The lowest BCUT2D eigenvalue weighted by Crippen LogP contribution is -2.23. The van der Waals surface area contributed by atoms with E-state index in [-0.39, 0.29) is 23.4 Å². The van der Waals surface area contributed by atoms with Gasteiger partial charge in [-0.25, -0.2) is 9.59 Å². The van der Waals surface area contributed by atoms with Gasteiger partial charge in [0.1, 0.15) is 12.4 Å². The number of hydrogen-bond acceptors (Lipinski definition) is 6. The van der Waals surface area contributed by atoms with E-state index in [1.54, 1.807) is 24.3 Å². The van der Waals surface area contributed by atoms with Crippen molar-refractivity contribution in [1.82, 2.24) is 0 Å². The third-order valence-electron chi connectivity index (χ3n) is 4.07. The summed E-state index contributed by atoms with van der Waals surface area (Å²) in [6, 6.07) is 9.24. The Morgan fingerprint density at radius 2 is 1.79 bits per heavy atom. The van der Waals surface area contributed by atoms with Gasteiger partial charge in [0.25, 0.3) is 5.91 Å². The van der Waals surface area contributed by atoms with Crippen LogP contribution in [0.15, 0.2) is 42.0 Å². The van der Waals surface area contributed by atoms with Crippen LogP contribution in [0.3, 0.4) is 0 Å². The zero-order valence-corrected chi connectivity index (χ0v) is 15.8. The Morgan fingerprint density at radius 3 is 2.50 bits per heavy atom. The average Bonchev–Trinajstić information content (AvgIpc) is 2.71. The number of carbonyl (C=O) groups is 3. The lowest BCUT2D eigenvalue weighted by molar-refractivity contribution is -0.113. The third kappa shape index (κ3) is 3.99. The predicted octanol–water partition coefficient (Wildman–Crippen LogP) is 3.33. The van der Waals surface area contributed by atoms with E-state index in [2.05, 4.69) is 10.1 Å². The van der Waals surface area contributed by atoms with Crippen LogP contribution in [0.5, 0.6) is 5.75 Å². The maximum atomic E-state index is 12.7. The summed E-state index contributed by atoms with van der Waals surface area (Å²) in [6.45, 7) is 0.0463. The van der Waals surface area contributed by atoms with Crippen LogP contribution in [0.1, 0.15) is 26.3 Å². The molecule has 0 unspecified atom stereocenters. The van der Waals surface area contributed by atoms with Crippen molar-refractivity contribution in [2.45, 2.75) is 0 Å². The highest BCUT2D eigenvalue weighted by molar-refractivity contribution is 6.30. The summed E-state index contributed by atoms with van der Waals surface area (Å²) in [6.07, 6.45) is 1.65. The molecule has 0 aromatic heterocycles. The zero-order chi connectivity index (χ0) is 20.3. The number of ether oxygens (including phenoxy) is 3. The highest BCUT2D eigenvalue weighted by Gasteiger charge is 2.21. The van der Waals surface area contributed by atoms with Crippen molar-refractivity contribution in [1.29, 1.82) is 0 Å². The van der Waals surface area contributed by atoms with Crippen LogP contribution in [0.2, 0.25) is 5.02 Å². The van der Waals surface area contributed by atoms with Crippen molar-refractivity contribution >= 4 is 41.2 Å². The normalized spacial score (nSPS) is 12.2. The molecule has 1 heterocycles. The molecule has 0 radical (unpaired) electrons. The number of amides is 1. The Kier molecular flexibility index (Phi) is 5.65. The van der Waals surface area contributed by atoms with Gasteiger partial charge in [-0.1, -0.05) is 11.6 Å². The topological polar surface area (TPSA) is 90.9 Å². The molecule has 0 fully saturated rings. The third-order valence-corrected chi connectivity index (χ3v) is 4.31. The SMILES string of the molecule is COC(=O)c1ccc(C(=O)OC)c(NC(=O)C2=Cc3cc(Cl)ccc3OC2)c1. The van der Waals surface area contributed by atoms with Crippen molar-refractivity contribution in [3.8, 4) is 5.75 Å². The average molecular weight is 402 g/mol. The van der Waals surface area contributed by atoms with Gasteiger partial charge in [-0.05, 0) is 42.5 Å². The fourth-order valence-electron chi connectivity index (χ4n) is 2.66. The highest BCUT2D eigenvalue weighted by atomic mass is 35.5. The van der Waals surface area contributed by atoms with Gasteiger partial charge >= 0.3 is 11.9 Å². The summed E-state index contributed by atoms with van der Waals surface area (Å²) in [7, 11) is 2.46. The summed E-state index contributed by atoms with van der Waals surface area (Å²) >= 11 is 5.99. The lowest BCUT2D eigenvalue weighted by atomic mass is 10.1. The summed E-state index contributed by atoms with van der Waals surface area (Å²) in [5, 5.41) is 3.14. The van der Waals surface area contributed by atoms with E-state index >= 15 is 0 Å². The molecule has 3 rings (SSSR count). The van der Waals surface area contributed by atoms with Gasteiger partial charge in [-0.2, -0.15) is 0 Å². The number of nitrogens with one attached hydrogen (secondary N) is 1. The van der Waals surface area contributed by atoms with Crippen LogP contribution in [0.25, 0.3) is 6.08 Å². The van der Waals surface area contributed by atoms with Crippen LogP contribution >= 0.6 is 11.6 Å². The first kappa shape index (κ1) is 19.4. The highest BCUT2D eigenvalue weighted by Crippen LogP contribution is 2.29. The van der Waals surface area contributed by atoms with E-state index in [0.717, 1.165) is 0 Å². The van der Waals surface area contributed by atoms with Crippen molar-refractivity contribution in [3.05, 3.63) is 63.7 Å². The minimum atomic E-state index is -0.655. The fraction of sp³-hybridized carbons (Fsp3) is 0.150. The van der Waals surface area contributed by atoms with Crippen LogP contribution in [-0.4, -0.2) is 38.7 Å². The molecule has 0 saturated heterocycles. The maximum absolute atomic E-state index is 12.7. The van der Waals surface area contributed by atoms with Crippen molar-refractivity contribution < 1.29 is 28.6 Å². The molecule has 28 heavy (non-hydrogen) atoms. The molecule has 1 aliphatic heterocycles. The number of methoxy groups -OCH3 is 2. The van der Waals surface area contributed by atoms with E-state index < -0.39 is 17.8 Å². The Balaban J connectivity index is 1.92. The van der Waals surface area contributed by atoms with Gasteiger partial charge in [-0.15, -0.1) is 0 Å². The molecule has 1 aliphatic rings. The van der Waals surface area contributed by atoms with Gasteiger partial charge < -0.3 is 19.5 Å². The van der Waals surface area contributed by atoms with Crippen molar-refractivity contribution in [2.24, 2.45) is 0 Å². The summed E-state index contributed by atoms with van der Waals surface area (Å²) in [5.74, 6) is -1.13. The molecular formula is C20H16ClNO6. The number of hydrogen-bond donors (Lipinski definition) is 1. The van der Waals surface area contributed by atoms with Gasteiger partial charge in [0, 0.05) is 10.6 Å². The maximum Gasteiger partial charge on any atom is 0.339 e. The first-order valence-electron chi connectivity index (χ1n) is 8.18. The van der Waals surface area contributed by atoms with E-state index in [4.69, 9.17) is 21.1 Å². The van der Waals surface area contributed by atoms with Gasteiger partial charge in [0.15, 0.2) is 0 Å². The van der Waals surface area contributed by atoms with Crippen LogP contribution in [0, 0.1) is 0 Å². The van der Waals surface area contributed by atoms with Gasteiger partial charge in [0.05, 0.1) is 36.6 Å². The molecular weight excluding hydrogens is 386 g/mol. The van der Waals surface area contributed by atoms with Crippen LogP contribution in [0.4, 0.5) is 5.69 Å². The first-order valence-corrected chi connectivity index (χ1v) is 8.55. The standard InChI is InChI=1S/C20H16ClNO6/c1-26-19(24)11-3-5-15(20(25)27-2)16(9-11)22-18(23)13-7-12-8-14(21)4-6-17(12)28-10-13/h3-9H,10H2,1-2H3,(H,22,23). The Bertz CT molecular complexity index is 998. The number of carbonyl (C=O) groups excluding carboxylic acids is 3. The number of halogens is 1. The second-order valence-corrected chi connectivity index (χ2v) is 6.27. The van der Waals surface area contributed by atoms with Crippen LogP contribution < -0.4 is 10.1 Å². The Hall–Kier alpha value is -3.32. The Morgan fingerprint density at radius 1 is 1.04 bits per heavy atom. The molecule has 0 bridgehead atoms. The minimum Gasteiger partial charge on any atom is -0.488 e. The van der Waals surface area contributed by atoms with E-state index in [1.165, 1.54) is 32.4 Å². The van der Waals surface area contributed by atoms with Crippen molar-refractivity contribution in [2.75, 3.05) is 26.1 Å². The molecule has 0 spiro atoms. The number of fused-ring (bicyclic) bond motifs is 1. The van der Waals surface area contributed by atoms with E-state index in [9.17, 15) is 14.4 Å². The summed E-state index contributed by atoms with van der Waals surface area (Å²) in [4.78, 5) is 36.5. The molecule has 1 amide bonds. The van der Waals surface area contributed by atoms with E-state index in [1.807, 2.05) is 0 Å². The van der Waals surface area contributed by atoms with Gasteiger partial charge in [0.2, 0.25) is 0 Å². The molecule has 1 N–H and O–H groups in total. The quantitative estimate of drug-likeness (QED) is 0.790. The number of anilines is 1. The monoisotopic (exact) mass is 401 g/mol. The number of esters is 2. The van der Waals surface area contributed by atoms with E-state index in [0.29, 0.717) is 21.9 Å². The number of benzene rings is 2. The second kappa shape index (κ2) is 8.14.